The molecule has 0 fully saturated rings. The molecular weight excluding hydrogens is 476 g/mol. The maximum Gasteiger partial charge on any atom is 0.247 e. The molecular formula is C22H29ClN8O4. The minimum atomic E-state index is -0.362. The molecule has 0 unspecified atom stereocenters. The van der Waals surface area contributed by atoms with Gasteiger partial charge in [-0.25, -0.2) is 14.9 Å². The normalized spacial score (nSPS) is 10.9. The van der Waals surface area contributed by atoms with Gasteiger partial charge in [-0.1, -0.05) is 0 Å². The molecule has 3 aromatic heterocycles. The smallest absolute Gasteiger partial charge is 0.247 e. The largest absolute Gasteiger partial charge is 0.479 e. The van der Waals surface area contributed by atoms with Gasteiger partial charge >= 0.3 is 0 Å². The number of hydrogen-bond acceptors (Lipinski definition) is 11. The Bertz CT molecular complexity index is 1150. The lowest BCUT2D eigenvalue weighted by molar-refractivity contribution is -0.116. The van der Waals surface area contributed by atoms with E-state index in [1.54, 1.807) is 18.3 Å². The van der Waals surface area contributed by atoms with Gasteiger partial charge < -0.3 is 29.4 Å². The molecule has 0 spiro atoms. The fourth-order valence-electron chi connectivity index (χ4n) is 3.17. The Balaban J connectivity index is 1.92. The molecule has 12 nitrogen and oxygen atoms in total. The second-order valence-electron chi connectivity index (χ2n) is 7.79. The zero-order valence-electron chi connectivity index (χ0n) is 20.5. The lowest BCUT2D eigenvalue weighted by Gasteiger charge is -2.22. The van der Waals surface area contributed by atoms with Crippen LogP contribution in [0, 0.1) is 6.92 Å². The monoisotopic (exact) mass is 504 g/mol. The van der Waals surface area contributed by atoms with Gasteiger partial charge in [0, 0.05) is 37.4 Å². The van der Waals surface area contributed by atoms with Crippen molar-refractivity contribution in [2.24, 2.45) is 0 Å². The molecule has 0 aliphatic carbocycles. The number of rotatable bonds is 11. The Labute approximate surface area is 208 Å². The first kappa shape index (κ1) is 26.0. The van der Waals surface area contributed by atoms with E-state index in [1.165, 1.54) is 26.0 Å². The summed E-state index contributed by atoms with van der Waals surface area (Å²) >= 11 is 5.90. The molecule has 0 aliphatic heterocycles. The van der Waals surface area contributed by atoms with Gasteiger partial charge in [0.15, 0.2) is 5.69 Å². The van der Waals surface area contributed by atoms with Crippen LogP contribution < -0.4 is 25.0 Å². The topological polar surface area (TPSA) is 131 Å². The average Bonchev–Trinajstić information content (AvgIpc) is 3.27. The van der Waals surface area contributed by atoms with E-state index in [-0.39, 0.29) is 34.5 Å². The van der Waals surface area contributed by atoms with Crippen molar-refractivity contribution in [2.75, 3.05) is 56.9 Å². The zero-order valence-corrected chi connectivity index (χ0v) is 21.3. The van der Waals surface area contributed by atoms with Crippen molar-refractivity contribution in [3.05, 3.63) is 29.2 Å². The van der Waals surface area contributed by atoms with Crippen LogP contribution in [-0.2, 0) is 4.79 Å². The number of hydrogen-bond donors (Lipinski definition) is 2. The SMILES string of the molecule is COc1nc(NCCCN(C)C)nc(OC)c1N(C(C)=O)c1ccc(Nc2nc(Cl)ncc2C)o1. The number of anilines is 5. The highest BCUT2D eigenvalue weighted by atomic mass is 35.5. The summed E-state index contributed by atoms with van der Waals surface area (Å²) in [7, 11) is 6.92. The molecule has 0 atom stereocenters. The number of amides is 1. The summed E-state index contributed by atoms with van der Waals surface area (Å²) in [5.41, 5.74) is 0.977. The Morgan fingerprint density at radius 1 is 1.14 bits per heavy atom. The van der Waals surface area contributed by atoms with Gasteiger partial charge in [0.1, 0.15) is 5.82 Å². The molecule has 13 heteroatoms. The Kier molecular flexibility index (Phi) is 8.66. The van der Waals surface area contributed by atoms with E-state index in [9.17, 15) is 4.79 Å². The van der Waals surface area contributed by atoms with Gasteiger partial charge in [0.05, 0.1) is 14.2 Å². The van der Waals surface area contributed by atoms with Crippen molar-refractivity contribution in [2.45, 2.75) is 20.3 Å². The second-order valence-corrected chi connectivity index (χ2v) is 8.12. The van der Waals surface area contributed by atoms with Crippen molar-refractivity contribution in [3.8, 4) is 11.8 Å². The number of carbonyl (C=O) groups is 1. The Morgan fingerprint density at radius 3 is 2.43 bits per heavy atom. The molecule has 3 rings (SSSR count). The summed E-state index contributed by atoms with van der Waals surface area (Å²) in [4.78, 5) is 33.0. The summed E-state index contributed by atoms with van der Waals surface area (Å²) in [6, 6.07) is 3.27. The zero-order chi connectivity index (χ0) is 25.5. The van der Waals surface area contributed by atoms with Crippen LogP contribution in [0.15, 0.2) is 22.7 Å². The Morgan fingerprint density at radius 2 is 1.83 bits per heavy atom. The van der Waals surface area contributed by atoms with E-state index < -0.39 is 0 Å². The summed E-state index contributed by atoms with van der Waals surface area (Å²) in [5, 5.41) is 6.29. The molecule has 0 aromatic carbocycles. The van der Waals surface area contributed by atoms with Gasteiger partial charge in [-0.3, -0.25) is 4.79 Å². The average molecular weight is 505 g/mol. The van der Waals surface area contributed by atoms with Crippen LogP contribution in [0.5, 0.6) is 11.8 Å². The summed E-state index contributed by atoms with van der Waals surface area (Å²) in [5.74, 6) is 1.26. The van der Waals surface area contributed by atoms with Crippen LogP contribution in [0.1, 0.15) is 18.9 Å². The maximum absolute atomic E-state index is 12.7. The predicted octanol–water partition coefficient (Wildman–Crippen LogP) is 3.63. The van der Waals surface area contributed by atoms with E-state index in [1.807, 2.05) is 21.0 Å². The maximum atomic E-state index is 12.7. The summed E-state index contributed by atoms with van der Waals surface area (Å²) < 4.78 is 16.9. The van der Waals surface area contributed by atoms with Gasteiger partial charge in [-0.15, -0.1) is 0 Å². The highest BCUT2D eigenvalue weighted by Crippen LogP contribution is 2.41. The lowest BCUT2D eigenvalue weighted by Crippen LogP contribution is -2.24. The molecule has 1 amide bonds. The van der Waals surface area contributed by atoms with Gasteiger partial charge in [-0.2, -0.15) is 9.97 Å². The third-order valence-electron chi connectivity index (χ3n) is 4.81. The molecule has 0 saturated carbocycles. The van der Waals surface area contributed by atoms with E-state index >= 15 is 0 Å². The predicted molar refractivity (Wildman–Crippen MR) is 133 cm³/mol. The number of aryl methyl sites for hydroxylation is 1. The van der Waals surface area contributed by atoms with Crippen molar-refractivity contribution >= 4 is 46.7 Å². The minimum Gasteiger partial charge on any atom is -0.479 e. The fraction of sp³-hybridized carbons (Fsp3) is 0.409. The first-order valence-corrected chi connectivity index (χ1v) is 11.2. The molecule has 3 aromatic rings. The number of carbonyl (C=O) groups excluding carboxylic acids is 1. The summed E-state index contributed by atoms with van der Waals surface area (Å²) in [6.07, 6.45) is 2.48. The van der Waals surface area contributed by atoms with E-state index in [0.717, 1.165) is 18.5 Å². The van der Waals surface area contributed by atoms with Crippen molar-refractivity contribution in [1.29, 1.82) is 0 Å². The van der Waals surface area contributed by atoms with E-state index in [2.05, 4.69) is 35.5 Å². The molecule has 188 valence electrons. The quantitative estimate of drug-likeness (QED) is 0.293. The molecule has 0 aliphatic rings. The molecule has 35 heavy (non-hydrogen) atoms. The third kappa shape index (κ3) is 6.49. The van der Waals surface area contributed by atoms with Crippen molar-refractivity contribution in [1.82, 2.24) is 24.8 Å². The lowest BCUT2D eigenvalue weighted by atomic mass is 10.3. The number of nitrogens with zero attached hydrogens (tertiary/aromatic N) is 6. The van der Waals surface area contributed by atoms with Crippen molar-refractivity contribution in [3.63, 3.8) is 0 Å². The van der Waals surface area contributed by atoms with E-state index in [4.69, 9.17) is 25.5 Å². The number of methoxy groups -OCH3 is 2. The molecule has 0 radical (unpaired) electrons. The number of halogens is 1. The first-order valence-electron chi connectivity index (χ1n) is 10.8. The molecule has 0 bridgehead atoms. The van der Waals surface area contributed by atoms with E-state index in [0.29, 0.717) is 24.2 Å². The number of nitrogens with one attached hydrogen (secondary N) is 2. The van der Waals surface area contributed by atoms with Crippen LogP contribution in [0.25, 0.3) is 0 Å². The standard InChI is InChI=1S/C22H29ClN8O4/c1-13-12-25-21(23)27-18(13)26-15-8-9-16(35-15)31(14(2)32)17-19(33-5)28-22(29-20(17)34-6)24-10-7-11-30(3)4/h8-9,12H,7,10-11H2,1-6H3,(H,24,28,29)(H,25,26,27). The van der Waals surface area contributed by atoms with Crippen molar-refractivity contribution < 1.29 is 18.7 Å². The van der Waals surface area contributed by atoms with Crippen LogP contribution in [0.4, 0.5) is 29.2 Å². The Hall–Kier alpha value is -3.64. The number of aromatic nitrogens is 4. The van der Waals surface area contributed by atoms with Gasteiger partial charge in [0.2, 0.25) is 40.7 Å². The van der Waals surface area contributed by atoms with Gasteiger partial charge in [0.25, 0.3) is 0 Å². The molecule has 3 heterocycles. The number of ether oxygens (including phenoxy) is 2. The minimum absolute atomic E-state index is 0.0947. The third-order valence-corrected chi connectivity index (χ3v) is 4.99. The first-order chi connectivity index (χ1) is 16.7. The fourth-order valence-corrected chi connectivity index (χ4v) is 3.30. The van der Waals surface area contributed by atoms with Crippen LogP contribution in [0.3, 0.4) is 0 Å². The molecule has 0 saturated heterocycles. The molecule has 2 N–H and O–H groups in total. The second kappa shape index (κ2) is 11.7. The van der Waals surface area contributed by atoms with Crippen LogP contribution in [-0.4, -0.2) is 72.1 Å². The summed E-state index contributed by atoms with van der Waals surface area (Å²) in [6.45, 7) is 4.77. The van der Waals surface area contributed by atoms with Crippen LogP contribution in [0.2, 0.25) is 5.28 Å². The van der Waals surface area contributed by atoms with Crippen LogP contribution >= 0.6 is 11.6 Å². The number of furan rings is 1. The highest BCUT2D eigenvalue weighted by Gasteiger charge is 2.29. The highest BCUT2D eigenvalue weighted by molar-refractivity contribution is 6.28. The van der Waals surface area contributed by atoms with Gasteiger partial charge in [-0.05, 0) is 45.6 Å².